The number of aryl methyl sites for hydroxylation is 1. The molecule has 0 aliphatic heterocycles. The summed E-state index contributed by atoms with van der Waals surface area (Å²) in [6.45, 7) is 0. The van der Waals surface area contributed by atoms with Crippen molar-refractivity contribution in [3.8, 4) is 11.5 Å². The van der Waals surface area contributed by atoms with Gasteiger partial charge < -0.3 is 21.1 Å². The summed E-state index contributed by atoms with van der Waals surface area (Å²) in [5.41, 5.74) is 8.60. The summed E-state index contributed by atoms with van der Waals surface area (Å²) in [6.07, 6.45) is 3.04. The van der Waals surface area contributed by atoms with E-state index in [0.717, 1.165) is 24.8 Å². The van der Waals surface area contributed by atoms with Gasteiger partial charge in [-0.15, -0.1) is 0 Å². The Balaban J connectivity index is 1.48. The maximum absolute atomic E-state index is 12.9. The molecule has 3 aromatic carbocycles. The van der Waals surface area contributed by atoms with Crippen molar-refractivity contribution in [3.63, 3.8) is 0 Å². The zero-order valence-electron chi connectivity index (χ0n) is 17.8. The first kappa shape index (κ1) is 21.4. The van der Waals surface area contributed by atoms with Gasteiger partial charge in [0.15, 0.2) is 0 Å². The van der Waals surface area contributed by atoms with E-state index in [1.54, 1.807) is 0 Å². The zero-order chi connectivity index (χ0) is 22.3. The molecule has 32 heavy (non-hydrogen) atoms. The topological polar surface area (TPSA) is 93.5 Å². The molecule has 0 radical (unpaired) electrons. The van der Waals surface area contributed by atoms with Gasteiger partial charge in [0.05, 0.1) is 18.5 Å². The van der Waals surface area contributed by atoms with Gasteiger partial charge in [-0.25, -0.2) is 4.79 Å². The van der Waals surface area contributed by atoms with Crippen LogP contribution in [0, 0.1) is 0 Å². The molecule has 164 valence electrons. The molecule has 0 aromatic heterocycles. The largest absolute Gasteiger partial charge is 0.457 e. The number of para-hydroxylation sites is 1. The van der Waals surface area contributed by atoms with Crippen molar-refractivity contribution in [2.24, 2.45) is 5.73 Å². The molecule has 1 aliphatic rings. The Labute approximate surface area is 187 Å². The summed E-state index contributed by atoms with van der Waals surface area (Å²) in [4.78, 5) is 24.6. The highest BCUT2D eigenvalue weighted by molar-refractivity contribution is 5.79. The summed E-state index contributed by atoms with van der Waals surface area (Å²) in [6, 6.07) is 23.7. The number of rotatable bonds is 7. The Morgan fingerprint density at radius 2 is 1.72 bits per heavy atom. The molecule has 6 heteroatoms. The number of hydrogen-bond acceptors (Lipinski definition) is 3. The van der Waals surface area contributed by atoms with Crippen LogP contribution in [0.4, 0.5) is 4.79 Å². The number of amides is 3. The van der Waals surface area contributed by atoms with Gasteiger partial charge in [0.25, 0.3) is 0 Å². The van der Waals surface area contributed by atoms with Crippen molar-refractivity contribution in [2.45, 2.75) is 37.8 Å². The molecule has 0 saturated heterocycles. The SMILES string of the molecule is NC(=O)N[C@@H](CC(=O)N[C@H]1CCCc2ccccc21)c1cccc(Oc2ccccc2)c1. The number of nitrogens with two attached hydrogens (primary N) is 1. The molecule has 3 amide bonds. The van der Waals surface area contributed by atoms with Crippen LogP contribution in [-0.4, -0.2) is 11.9 Å². The van der Waals surface area contributed by atoms with E-state index < -0.39 is 12.1 Å². The van der Waals surface area contributed by atoms with E-state index in [9.17, 15) is 9.59 Å². The number of urea groups is 1. The first-order chi connectivity index (χ1) is 15.6. The van der Waals surface area contributed by atoms with Crippen LogP contribution in [-0.2, 0) is 11.2 Å². The smallest absolute Gasteiger partial charge is 0.312 e. The molecule has 1 aliphatic carbocycles. The summed E-state index contributed by atoms with van der Waals surface area (Å²) >= 11 is 0. The van der Waals surface area contributed by atoms with Crippen LogP contribution < -0.4 is 21.1 Å². The van der Waals surface area contributed by atoms with E-state index in [0.29, 0.717) is 11.5 Å². The third kappa shape index (κ3) is 5.46. The minimum atomic E-state index is -0.680. The quantitative estimate of drug-likeness (QED) is 0.505. The molecule has 4 N–H and O–H groups in total. The summed E-state index contributed by atoms with van der Waals surface area (Å²) in [5, 5.41) is 5.84. The van der Waals surface area contributed by atoms with Crippen LogP contribution in [0.3, 0.4) is 0 Å². The highest BCUT2D eigenvalue weighted by Gasteiger charge is 2.24. The number of primary amides is 1. The Bertz CT molecular complexity index is 1080. The van der Waals surface area contributed by atoms with Crippen molar-refractivity contribution in [2.75, 3.05) is 0 Å². The number of ether oxygens (including phenoxy) is 1. The Morgan fingerprint density at radius 1 is 0.969 bits per heavy atom. The number of fused-ring (bicyclic) bond motifs is 1. The highest BCUT2D eigenvalue weighted by atomic mass is 16.5. The number of hydrogen-bond donors (Lipinski definition) is 3. The van der Waals surface area contributed by atoms with Gasteiger partial charge in [0, 0.05) is 0 Å². The molecule has 0 unspecified atom stereocenters. The third-order valence-electron chi connectivity index (χ3n) is 5.65. The molecule has 0 bridgehead atoms. The first-order valence-electron chi connectivity index (χ1n) is 10.8. The predicted octanol–water partition coefficient (Wildman–Crippen LogP) is 4.77. The normalized spacial score (nSPS) is 15.8. The lowest BCUT2D eigenvalue weighted by atomic mass is 9.87. The predicted molar refractivity (Wildman–Crippen MR) is 123 cm³/mol. The van der Waals surface area contributed by atoms with E-state index in [2.05, 4.69) is 22.8 Å². The maximum atomic E-state index is 12.9. The summed E-state index contributed by atoms with van der Waals surface area (Å²) in [5.74, 6) is 1.18. The fourth-order valence-electron chi connectivity index (χ4n) is 4.19. The van der Waals surface area contributed by atoms with Crippen molar-refractivity contribution in [1.82, 2.24) is 10.6 Å². The molecule has 0 fully saturated rings. The third-order valence-corrected chi connectivity index (χ3v) is 5.65. The summed E-state index contributed by atoms with van der Waals surface area (Å²) in [7, 11) is 0. The first-order valence-corrected chi connectivity index (χ1v) is 10.8. The molecular formula is C26H27N3O3. The van der Waals surface area contributed by atoms with Crippen LogP contribution in [0.5, 0.6) is 11.5 Å². The monoisotopic (exact) mass is 429 g/mol. The average Bonchev–Trinajstić information content (AvgIpc) is 2.79. The lowest BCUT2D eigenvalue weighted by molar-refractivity contribution is -0.122. The Morgan fingerprint density at radius 3 is 2.53 bits per heavy atom. The Hall–Kier alpha value is -3.80. The Kier molecular flexibility index (Phi) is 6.70. The van der Waals surface area contributed by atoms with Gasteiger partial charge in [-0.05, 0) is 60.2 Å². The molecule has 6 nitrogen and oxygen atoms in total. The minimum Gasteiger partial charge on any atom is -0.457 e. The second kappa shape index (κ2) is 10.0. The van der Waals surface area contributed by atoms with E-state index >= 15 is 0 Å². The van der Waals surface area contributed by atoms with Crippen molar-refractivity contribution in [1.29, 1.82) is 0 Å². The molecule has 2 atom stereocenters. The van der Waals surface area contributed by atoms with E-state index in [1.807, 2.05) is 66.7 Å². The summed E-state index contributed by atoms with van der Waals surface area (Å²) < 4.78 is 5.90. The number of benzene rings is 3. The van der Waals surface area contributed by atoms with Crippen molar-refractivity contribution in [3.05, 3.63) is 95.6 Å². The van der Waals surface area contributed by atoms with E-state index in [1.165, 1.54) is 11.1 Å². The van der Waals surface area contributed by atoms with Gasteiger partial charge in [-0.3, -0.25) is 4.79 Å². The van der Waals surface area contributed by atoms with Gasteiger partial charge in [-0.2, -0.15) is 0 Å². The van der Waals surface area contributed by atoms with Crippen LogP contribution in [0.25, 0.3) is 0 Å². The average molecular weight is 430 g/mol. The molecular weight excluding hydrogens is 402 g/mol. The number of carbonyl (C=O) groups excluding carboxylic acids is 2. The zero-order valence-corrected chi connectivity index (χ0v) is 17.8. The van der Waals surface area contributed by atoms with Crippen molar-refractivity contribution < 1.29 is 14.3 Å². The molecule has 0 saturated carbocycles. The fraction of sp³-hybridized carbons (Fsp3) is 0.231. The molecule has 4 rings (SSSR count). The van der Waals surface area contributed by atoms with Crippen LogP contribution in [0.1, 0.15) is 48.0 Å². The molecule has 0 spiro atoms. The van der Waals surface area contributed by atoms with Crippen LogP contribution >= 0.6 is 0 Å². The lowest BCUT2D eigenvalue weighted by Gasteiger charge is -2.27. The standard InChI is InChI=1S/C26H27N3O3/c27-26(31)29-24(19-10-6-13-21(16-19)32-20-11-2-1-3-12-20)17-25(30)28-23-15-7-9-18-8-4-5-14-22(18)23/h1-6,8,10-14,16,23-24H,7,9,15,17H2,(H,28,30)(H3,27,29,31)/t23-,24-/m0/s1. The molecule has 0 heterocycles. The van der Waals surface area contributed by atoms with Crippen molar-refractivity contribution >= 4 is 11.9 Å². The van der Waals surface area contributed by atoms with Crippen LogP contribution in [0.2, 0.25) is 0 Å². The van der Waals surface area contributed by atoms with E-state index in [-0.39, 0.29) is 18.4 Å². The second-order valence-corrected chi connectivity index (χ2v) is 7.96. The van der Waals surface area contributed by atoms with Gasteiger partial charge >= 0.3 is 6.03 Å². The van der Waals surface area contributed by atoms with Crippen LogP contribution in [0.15, 0.2) is 78.9 Å². The minimum absolute atomic E-state index is 0.0190. The maximum Gasteiger partial charge on any atom is 0.312 e. The molecule has 3 aromatic rings. The van der Waals surface area contributed by atoms with E-state index in [4.69, 9.17) is 10.5 Å². The second-order valence-electron chi connectivity index (χ2n) is 7.96. The van der Waals surface area contributed by atoms with Gasteiger partial charge in [0.1, 0.15) is 11.5 Å². The number of carbonyl (C=O) groups is 2. The van der Waals surface area contributed by atoms with Gasteiger partial charge in [-0.1, -0.05) is 54.6 Å². The van der Waals surface area contributed by atoms with Gasteiger partial charge in [0.2, 0.25) is 5.91 Å². The highest BCUT2D eigenvalue weighted by Crippen LogP contribution is 2.30. The lowest BCUT2D eigenvalue weighted by Crippen LogP contribution is -2.38. The number of nitrogens with one attached hydrogen (secondary N) is 2. The fourth-order valence-corrected chi connectivity index (χ4v) is 4.19.